The molecule has 1 aliphatic rings. The van der Waals surface area contributed by atoms with Gasteiger partial charge in [0.15, 0.2) is 11.5 Å². The van der Waals surface area contributed by atoms with Gasteiger partial charge in [-0.3, -0.25) is 14.4 Å². The summed E-state index contributed by atoms with van der Waals surface area (Å²) in [6, 6.07) is 12.0. The largest absolute Gasteiger partial charge is 0.481 e. The average Bonchev–Trinajstić information content (AvgIpc) is 3.23. The summed E-state index contributed by atoms with van der Waals surface area (Å²) in [6.07, 6.45) is 3.53. The number of fused-ring (bicyclic) bond motifs is 1. The summed E-state index contributed by atoms with van der Waals surface area (Å²) in [4.78, 5) is 36.0. The third-order valence-corrected chi connectivity index (χ3v) is 5.19. The fourth-order valence-electron chi connectivity index (χ4n) is 3.00. The molecule has 0 aliphatic carbocycles. The molecule has 8 nitrogen and oxygen atoms in total. The third-order valence-electron chi connectivity index (χ3n) is 4.66. The second-order valence-electron chi connectivity index (χ2n) is 7.09. The van der Waals surface area contributed by atoms with Gasteiger partial charge in [-0.15, -0.1) is 0 Å². The number of hydrogen-bond acceptors (Lipinski definition) is 5. The molecule has 9 heteroatoms. The number of hydrogen-bond donors (Lipinski definition) is 3. The summed E-state index contributed by atoms with van der Waals surface area (Å²) in [5, 5.41) is 14.1. The molecule has 0 radical (unpaired) electrons. The maximum Gasteiger partial charge on any atom is 0.303 e. The summed E-state index contributed by atoms with van der Waals surface area (Å²) in [5.74, 6) is -0.504. The molecule has 0 spiro atoms. The molecular formula is C23H23BrN2O6. The van der Waals surface area contributed by atoms with Crippen LogP contribution in [-0.4, -0.2) is 36.2 Å². The van der Waals surface area contributed by atoms with E-state index in [1.165, 1.54) is 0 Å². The molecule has 1 heterocycles. The fraction of sp³-hybridized carbons (Fsp3) is 0.261. The van der Waals surface area contributed by atoms with Crippen LogP contribution in [0.25, 0.3) is 6.08 Å². The van der Waals surface area contributed by atoms with Gasteiger partial charge < -0.3 is 25.2 Å². The zero-order chi connectivity index (χ0) is 22.9. The van der Waals surface area contributed by atoms with Crippen LogP contribution in [0.2, 0.25) is 0 Å². The summed E-state index contributed by atoms with van der Waals surface area (Å²) >= 11 is 3.33. The molecule has 2 aromatic carbocycles. The zero-order valence-electron chi connectivity index (χ0n) is 17.2. The number of carboxylic acids is 1. The van der Waals surface area contributed by atoms with Crippen molar-refractivity contribution in [3.63, 3.8) is 0 Å². The maximum absolute atomic E-state index is 12.8. The van der Waals surface area contributed by atoms with Gasteiger partial charge in [-0.05, 0) is 60.9 Å². The molecule has 0 fully saturated rings. The van der Waals surface area contributed by atoms with Crippen LogP contribution >= 0.6 is 15.9 Å². The molecular weight excluding hydrogens is 480 g/mol. The highest BCUT2D eigenvalue weighted by Gasteiger charge is 2.17. The summed E-state index contributed by atoms with van der Waals surface area (Å²) in [7, 11) is 0. The van der Waals surface area contributed by atoms with Gasteiger partial charge in [0.2, 0.25) is 6.79 Å². The Morgan fingerprint density at radius 3 is 2.50 bits per heavy atom. The molecule has 3 rings (SSSR count). The highest BCUT2D eigenvalue weighted by atomic mass is 79.9. The first-order valence-electron chi connectivity index (χ1n) is 10.1. The van der Waals surface area contributed by atoms with Crippen molar-refractivity contribution >= 4 is 39.8 Å². The van der Waals surface area contributed by atoms with E-state index in [4.69, 9.17) is 14.6 Å². The second-order valence-corrected chi connectivity index (χ2v) is 8.01. The van der Waals surface area contributed by atoms with Crippen LogP contribution in [0.1, 0.15) is 41.6 Å². The number of benzene rings is 2. The van der Waals surface area contributed by atoms with E-state index < -0.39 is 17.8 Å². The maximum atomic E-state index is 12.8. The Morgan fingerprint density at radius 1 is 1.00 bits per heavy atom. The minimum absolute atomic E-state index is 0.0855. The molecule has 2 amide bonds. The predicted molar refractivity (Wildman–Crippen MR) is 121 cm³/mol. The third kappa shape index (κ3) is 6.84. The van der Waals surface area contributed by atoms with E-state index in [9.17, 15) is 14.4 Å². The molecule has 2 aromatic rings. The first-order chi connectivity index (χ1) is 15.4. The van der Waals surface area contributed by atoms with Crippen LogP contribution in [0.3, 0.4) is 0 Å². The van der Waals surface area contributed by atoms with Crippen molar-refractivity contribution < 1.29 is 29.0 Å². The molecule has 0 saturated heterocycles. The number of rotatable bonds is 10. The lowest BCUT2D eigenvalue weighted by molar-refractivity contribution is -0.137. The molecule has 1 aliphatic heterocycles. The summed E-state index contributed by atoms with van der Waals surface area (Å²) < 4.78 is 11.5. The number of ether oxygens (including phenoxy) is 2. The van der Waals surface area contributed by atoms with Crippen molar-refractivity contribution in [2.45, 2.75) is 25.7 Å². The number of aliphatic carboxylic acids is 1. The van der Waals surface area contributed by atoms with Crippen LogP contribution in [0.5, 0.6) is 11.5 Å². The van der Waals surface area contributed by atoms with Crippen molar-refractivity contribution in [3.8, 4) is 11.5 Å². The molecule has 0 atom stereocenters. The van der Waals surface area contributed by atoms with Crippen LogP contribution in [0.4, 0.5) is 0 Å². The van der Waals surface area contributed by atoms with Crippen molar-refractivity contribution in [3.05, 3.63) is 63.8 Å². The molecule has 0 saturated carbocycles. The Morgan fingerprint density at radius 2 is 1.75 bits per heavy atom. The molecule has 0 unspecified atom stereocenters. The lowest BCUT2D eigenvalue weighted by atomic mass is 10.1. The topological polar surface area (TPSA) is 114 Å². The van der Waals surface area contributed by atoms with Crippen molar-refractivity contribution in [2.75, 3.05) is 13.3 Å². The highest BCUT2D eigenvalue weighted by Crippen LogP contribution is 2.33. The molecule has 0 aromatic heterocycles. The number of carbonyl (C=O) groups is 3. The lowest BCUT2D eigenvalue weighted by Crippen LogP contribution is -2.35. The molecule has 32 heavy (non-hydrogen) atoms. The molecule has 3 N–H and O–H groups in total. The Bertz CT molecular complexity index is 1020. The average molecular weight is 503 g/mol. The van der Waals surface area contributed by atoms with Gasteiger partial charge in [0, 0.05) is 23.0 Å². The van der Waals surface area contributed by atoms with E-state index in [1.54, 1.807) is 48.5 Å². The lowest BCUT2D eigenvalue weighted by Gasteiger charge is -2.11. The van der Waals surface area contributed by atoms with Gasteiger partial charge in [-0.1, -0.05) is 28.4 Å². The van der Waals surface area contributed by atoms with Gasteiger partial charge >= 0.3 is 5.97 Å². The first-order valence-corrected chi connectivity index (χ1v) is 10.9. The predicted octanol–water partition coefficient (Wildman–Crippen LogP) is 3.71. The molecule has 0 bridgehead atoms. The zero-order valence-corrected chi connectivity index (χ0v) is 18.8. The minimum Gasteiger partial charge on any atom is -0.481 e. The normalized spacial score (nSPS) is 12.3. The van der Waals surface area contributed by atoms with Gasteiger partial charge in [0.1, 0.15) is 5.70 Å². The van der Waals surface area contributed by atoms with Crippen LogP contribution in [0, 0.1) is 0 Å². The molecule has 168 valence electrons. The van der Waals surface area contributed by atoms with Crippen LogP contribution in [-0.2, 0) is 9.59 Å². The van der Waals surface area contributed by atoms with Gasteiger partial charge in [0.05, 0.1) is 0 Å². The summed E-state index contributed by atoms with van der Waals surface area (Å²) in [6.45, 7) is 0.503. The van der Waals surface area contributed by atoms with E-state index >= 15 is 0 Å². The van der Waals surface area contributed by atoms with E-state index in [2.05, 4.69) is 26.6 Å². The quantitative estimate of drug-likeness (QED) is 0.337. The Labute approximate surface area is 193 Å². The standard InChI is InChI=1S/C23H23BrN2O6/c24-17-8-6-16(7-9-17)22(29)26-18(23(30)25-11-3-1-2-4-21(27)28)12-15-5-10-19-20(13-15)32-14-31-19/h5-10,12-13H,1-4,11,14H2,(H,25,30)(H,26,29)(H,27,28). The Balaban J connectivity index is 1.70. The highest BCUT2D eigenvalue weighted by molar-refractivity contribution is 9.10. The fourth-order valence-corrected chi connectivity index (χ4v) is 3.26. The second kappa shape index (κ2) is 11.3. The van der Waals surface area contributed by atoms with Crippen molar-refractivity contribution in [2.24, 2.45) is 0 Å². The van der Waals surface area contributed by atoms with Gasteiger partial charge in [0.25, 0.3) is 11.8 Å². The van der Waals surface area contributed by atoms with Crippen LogP contribution in [0.15, 0.2) is 52.6 Å². The monoisotopic (exact) mass is 502 g/mol. The number of halogens is 1. The van der Waals surface area contributed by atoms with E-state index in [1.807, 2.05) is 0 Å². The van der Waals surface area contributed by atoms with Gasteiger partial charge in [-0.25, -0.2) is 0 Å². The SMILES string of the molecule is O=C(O)CCCCCNC(=O)C(=Cc1ccc2c(c1)OCO2)NC(=O)c1ccc(Br)cc1. The Kier molecular flexibility index (Phi) is 8.27. The van der Waals surface area contributed by atoms with E-state index in [-0.39, 0.29) is 18.9 Å². The van der Waals surface area contributed by atoms with Crippen molar-refractivity contribution in [1.29, 1.82) is 0 Å². The minimum atomic E-state index is -0.835. The van der Waals surface area contributed by atoms with Crippen molar-refractivity contribution in [1.82, 2.24) is 10.6 Å². The Hall–Kier alpha value is -3.33. The summed E-state index contributed by atoms with van der Waals surface area (Å²) in [5.41, 5.74) is 1.16. The number of carbonyl (C=O) groups excluding carboxylic acids is 2. The number of amides is 2. The van der Waals surface area contributed by atoms with Gasteiger partial charge in [-0.2, -0.15) is 0 Å². The van der Waals surface area contributed by atoms with Crippen LogP contribution < -0.4 is 20.1 Å². The number of unbranched alkanes of at least 4 members (excludes halogenated alkanes) is 2. The van der Waals surface area contributed by atoms with E-state index in [0.29, 0.717) is 48.4 Å². The van der Waals surface area contributed by atoms with E-state index in [0.717, 1.165) is 4.47 Å². The number of nitrogens with one attached hydrogen (secondary N) is 2. The first kappa shape index (κ1) is 23.3. The smallest absolute Gasteiger partial charge is 0.303 e. The number of carboxylic acid groups (broad SMARTS) is 1.